The van der Waals surface area contributed by atoms with Crippen LogP contribution in [0.3, 0.4) is 0 Å². The predicted molar refractivity (Wildman–Crippen MR) is 75.9 cm³/mol. The SMILES string of the molecule is CNC(C)c1ccc(SC(C)CCO)c(Cl)c1. The molecule has 0 amide bonds. The van der Waals surface area contributed by atoms with Crippen LogP contribution in [0.2, 0.25) is 5.02 Å². The third kappa shape index (κ3) is 4.51. The van der Waals surface area contributed by atoms with Gasteiger partial charge in [-0.05, 0) is 38.1 Å². The van der Waals surface area contributed by atoms with Gasteiger partial charge in [-0.1, -0.05) is 24.6 Å². The summed E-state index contributed by atoms with van der Waals surface area (Å²) >= 11 is 7.97. The van der Waals surface area contributed by atoms with E-state index in [1.165, 1.54) is 5.56 Å². The molecule has 0 spiro atoms. The van der Waals surface area contributed by atoms with Crippen molar-refractivity contribution in [3.05, 3.63) is 28.8 Å². The van der Waals surface area contributed by atoms with Gasteiger partial charge < -0.3 is 10.4 Å². The highest BCUT2D eigenvalue weighted by atomic mass is 35.5. The Morgan fingerprint density at radius 1 is 1.41 bits per heavy atom. The van der Waals surface area contributed by atoms with Crippen LogP contribution in [0.5, 0.6) is 0 Å². The van der Waals surface area contributed by atoms with Crippen LogP contribution in [0.15, 0.2) is 23.1 Å². The summed E-state index contributed by atoms with van der Waals surface area (Å²) in [4.78, 5) is 1.08. The van der Waals surface area contributed by atoms with Crippen molar-refractivity contribution in [2.75, 3.05) is 13.7 Å². The summed E-state index contributed by atoms with van der Waals surface area (Å²) in [5.74, 6) is 0. The highest BCUT2D eigenvalue weighted by molar-refractivity contribution is 8.00. The molecule has 2 atom stereocenters. The average Bonchev–Trinajstić information content (AvgIpc) is 2.31. The Morgan fingerprint density at radius 2 is 2.12 bits per heavy atom. The Morgan fingerprint density at radius 3 is 2.65 bits per heavy atom. The fourth-order valence-electron chi connectivity index (χ4n) is 1.51. The lowest BCUT2D eigenvalue weighted by molar-refractivity contribution is 0.289. The number of hydrogen-bond acceptors (Lipinski definition) is 3. The van der Waals surface area contributed by atoms with Crippen LogP contribution in [-0.4, -0.2) is 24.0 Å². The summed E-state index contributed by atoms with van der Waals surface area (Å²) in [6.07, 6.45) is 0.787. The van der Waals surface area contributed by atoms with Crippen molar-refractivity contribution in [3.63, 3.8) is 0 Å². The van der Waals surface area contributed by atoms with Gasteiger partial charge in [-0.25, -0.2) is 0 Å². The summed E-state index contributed by atoms with van der Waals surface area (Å²) in [5.41, 5.74) is 1.19. The molecule has 0 bridgehead atoms. The zero-order chi connectivity index (χ0) is 12.8. The molecule has 0 radical (unpaired) electrons. The topological polar surface area (TPSA) is 32.3 Å². The molecule has 96 valence electrons. The molecule has 1 aromatic carbocycles. The van der Waals surface area contributed by atoms with Crippen molar-refractivity contribution < 1.29 is 5.11 Å². The van der Waals surface area contributed by atoms with Crippen molar-refractivity contribution in [1.82, 2.24) is 5.32 Å². The molecule has 2 unspecified atom stereocenters. The first-order valence-electron chi connectivity index (χ1n) is 5.82. The van der Waals surface area contributed by atoms with Crippen LogP contribution in [0, 0.1) is 0 Å². The average molecular weight is 274 g/mol. The molecule has 4 heteroatoms. The molecule has 1 aromatic rings. The van der Waals surface area contributed by atoms with Gasteiger partial charge in [-0.3, -0.25) is 0 Å². The highest BCUT2D eigenvalue weighted by Gasteiger charge is 2.10. The molecule has 0 saturated heterocycles. The van der Waals surface area contributed by atoms with Gasteiger partial charge in [0.25, 0.3) is 0 Å². The van der Waals surface area contributed by atoms with E-state index in [0.717, 1.165) is 16.3 Å². The number of aliphatic hydroxyl groups excluding tert-OH is 1. The highest BCUT2D eigenvalue weighted by Crippen LogP contribution is 2.33. The van der Waals surface area contributed by atoms with Crippen LogP contribution in [-0.2, 0) is 0 Å². The normalized spacial score (nSPS) is 14.6. The second-order valence-corrected chi connectivity index (χ2v) is 6.03. The summed E-state index contributed by atoms with van der Waals surface area (Å²) in [7, 11) is 1.94. The Bertz CT molecular complexity index is 359. The maximum atomic E-state index is 8.88. The minimum absolute atomic E-state index is 0.223. The molecule has 0 aromatic heterocycles. The van der Waals surface area contributed by atoms with Crippen LogP contribution in [0.1, 0.15) is 31.9 Å². The molecule has 0 fully saturated rings. The van der Waals surface area contributed by atoms with Crippen LogP contribution in [0.4, 0.5) is 0 Å². The number of aliphatic hydroxyl groups is 1. The Kier molecular flexibility index (Phi) is 6.34. The van der Waals surface area contributed by atoms with Gasteiger partial charge in [0.15, 0.2) is 0 Å². The van der Waals surface area contributed by atoms with E-state index in [0.29, 0.717) is 11.3 Å². The lowest BCUT2D eigenvalue weighted by Crippen LogP contribution is -2.12. The third-order valence-electron chi connectivity index (χ3n) is 2.75. The molecule has 0 saturated carbocycles. The van der Waals surface area contributed by atoms with Gasteiger partial charge in [0.05, 0.1) is 5.02 Å². The van der Waals surface area contributed by atoms with E-state index in [2.05, 4.69) is 31.3 Å². The first-order valence-corrected chi connectivity index (χ1v) is 7.08. The Hall–Kier alpha value is -0.220. The quantitative estimate of drug-likeness (QED) is 0.779. The maximum Gasteiger partial charge on any atom is 0.0545 e. The zero-order valence-electron chi connectivity index (χ0n) is 10.5. The molecule has 0 aliphatic carbocycles. The Labute approximate surface area is 113 Å². The van der Waals surface area contributed by atoms with E-state index in [1.54, 1.807) is 11.8 Å². The minimum Gasteiger partial charge on any atom is -0.396 e. The van der Waals surface area contributed by atoms with Gasteiger partial charge in [-0.2, -0.15) is 0 Å². The van der Waals surface area contributed by atoms with Crippen LogP contribution < -0.4 is 5.32 Å². The van der Waals surface area contributed by atoms with E-state index >= 15 is 0 Å². The number of benzene rings is 1. The molecular formula is C13H20ClNOS. The molecule has 2 N–H and O–H groups in total. The van der Waals surface area contributed by atoms with E-state index in [9.17, 15) is 0 Å². The second kappa shape index (κ2) is 7.27. The third-order valence-corrected chi connectivity index (χ3v) is 4.43. The second-order valence-electron chi connectivity index (χ2n) is 4.14. The molecule has 17 heavy (non-hydrogen) atoms. The number of hydrogen-bond donors (Lipinski definition) is 2. The van der Waals surface area contributed by atoms with Crippen molar-refractivity contribution in [2.45, 2.75) is 36.5 Å². The monoisotopic (exact) mass is 273 g/mol. The van der Waals surface area contributed by atoms with Crippen molar-refractivity contribution in [2.24, 2.45) is 0 Å². The molecule has 1 rings (SSSR count). The van der Waals surface area contributed by atoms with Gasteiger partial charge in [0.1, 0.15) is 0 Å². The van der Waals surface area contributed by atoms with E-state index < -0.39 is 0 Å². The first kappa shape index (κ1) is 14.8. The fourth-order valence-corrected chi connectivity index (χ4v) is 2.80. The standard InChI is InChI=1S/C13H20ClNOS/c1-9(6-7-16)17-13-5-4-11(8-12(13)14)10(2)15-3/h4-5,8-10,15-16H,6-7H2,1-3H3. The molecule has 0 aliphatic heterocycles. The van der Waals surface area contributed by atoms with Gasteiger partial charge in [0, 0.05) is 22.8 Å². The molecule has 0 heterocycles. The minimum atomic E-state index is 0.223. The number of halogens is 1. The lowest BCUT2D eigenvalue weighted by Gasteiger charge is -2.14. The number of thioether (sulfide) groups is 1. The predicted octanol–water partition coefficient (Wildman–Crippen LogP) is 3.48. The summed E-state index contributed by atoms with van der Waals surface area (Å²) in [6, 6.07) is 6.48. The van der Waals surface area contributed by atoms with Crippen LogP contribution in [0.25, 0.3) is 0 Å². The lowest BCUT2D eigenvalue weighted by atomic mass is 10.1. The summed E-state index contributed by atoms with van der Waals surface area (Å²) < 4.78 is 0. The van der Waals surface area contributed by atoms with Gasteiger partial charge in [0.2, 0.25) is 0 Å². The fraction of sp³-hybridized carbons (Fsp3) is 0.538. The van der Waals surface area contributed by atoms with Gasteiger partial charge >= 0.3 is 0 Å². The van der Waals surface area contributed by atoms with E-state index in [1.807, 2.05) is 13.1 Å². The summed E-state index contributed by atoms with van der Waals surface area (Å²) in [6.45, 7) is 4.43. The smallest absolute Gasteiger partial charge is 0.0545 e. The molecule has 2 nitrogen and oxygen atoms in total. The van der Waals surface area contributed by atoms with E-state index in [-0.39, 0.29) is 6.61 Å². The number of nitrogens with one attached hydrogen (secondary N) is 1. The van der Waals surface area contributed by atoms with E-state index in [4.69, 9.17) is 16.7 Å². The maximum absolute atomic E-state index is 8.88. The molecule has 0 aliphatic rings. The van der Waals surface area contributed by atoms with Crippen molar-refractivity contribution in [3.8, 4) is 0 Å². The van der Waals surface area contributed by atoms with Crippen molar-refractivity contribution in [1.29, 1.82) is 0 Å². The Balaban J connectivity index is 2.76. The zero-order valence-corrected chi connectivity index (χ0v) is 12.1. The van der Waals surface area contributed by atoms with Crippen LogP contribution >= 0.6 is 23.4 Å². The summed E-state index contributed by atoms with van der Waals surface area (Å²) in [5, 5.41) is 13.2. The number of rotatable bonds is 6. The van der Waals surface area contributed by atoms with Gasteiger partial charge in [-0.15, -0.1) is 11.8 Å². The molecular weight excluding hydrogens is 254 g/mol. The first-order chi connectivity index (χ1) is 8.08. The largest absolute Gasteiger partial charge is 0.396 e. The van der Waals surface area contributed by atoms with Crippen molar-refractivity contribution >= 4 is 23.4 Å².